The molecule has 1 fully saturated rings. The van der Waals surface area contributed by atoms with Crippen LogP contribution in [0.4, 0.5) is 0 Å². The van der Waals surface area contributed by atoms with Crippen molar-refractivity contribution in [2.24, 2.45) is 11.7 Å². The van der Waals surface area contributed by atoms with Crippen LogP contribution in [-0.2, 0) is 9.53 Å². The summed E-state index contributed by atoms with van der Waals surface area (Å²) < 4.78 is 4.91. The van der Waals surface area contributed by atoms with Gasteiger partial charge in [-0.3, -0.25) is 4.79 Å². The summed E-state index contributed by atoms with van der Waals surface area (Å²) in [7, 11) is 3.78. The molecule has 5 heteroatoms. The molecule has 1 heterocycles. The molecular weight excluding hydrogens is 230 g/mol. The number of hydrogen-bond acceptors (Lipinski definition) is 4. The first kappa shape index (κ1) is 15.4. The predicted molar refractivity (Wildman–Crippen MR) is 72.3 cm³/mol. The van der Waals surface area contributed by atoms with E-state index in [2.05, 4.69) is 17.3 Å². The molecule has 0 aromatic heterocycles. The van der Waals surface area contributed by atoms with E-state index < -0.39 is 6.04 Å². The van der Waals surface area contributed by atoms with Crippen molar-refractivity contribution in [2.75, 3.05) is 40.4 Å². The Labute approximate surface area is 110 Å². The van der Waals surface area contributed by atoms with Gasteiger partial charge in [-0.2, -0.15) is 0 Å². The van der Waals surface area contributed by atoms with E-state index in [0.29, 0.717) is 13.0 Å². The number of nitrogens with two attached hydrogens (primary N) is 1. The molecule has 0 bridgehead atoms. The van der Waals surface area contributed by atoms with Crippen LogP contribution in [0.2, 0.25) is 0 Å². The average molecular weight is 257 g/mol. The third kappa shape index (κ3) is 5.80. The lowest BCUT2D eigenvalue weighted by Crippen LogP contribution is -2.42. The normalized spacial score (nSPS) is 19.7. The SMILES string of the molecule is COCCC(N)C(=O)NCCC1CCN(C)CC1. The third-order valence-electron chi connectivity index (χ3n) is 3.66. The van der Waals surface area contributed by atoms with Crippen LogP contribution in [0.5, 0.6) is 0 Å². The lowest BCUT2D eigenvalue weighted by Gasteiger charge is -2.29. The second-order valence-corrected chi connectivity index (χ2v) is 5.21. The van der Waals surface area contributed by atoms with E-state index in [0.717, 1.165) is 18.9 Å². The molecule has 0 aliphatic carbocycles. The lowest BCUT2D eigenvalue weighted by molar-refractivity contribution is -0.122. The topological polar surface area (TPSA) is 67.6 Å². The van der Waals surface area contributed by atoms with Gasteiger partial charge in [0.05, 0.1) is 6.04 Å². The molecule has 1 atom stereocenters. The van der Waals surface area contributed by atoms with E-state index in [1.54, 1.807) is 7.11 Å². The predicted octanol–water partition coefficient (Wildman–Crippen LogP) is 0.198. The van der Waals surface area contributed by atoms with Gasteiger partial charge >= 0.3 is 0 Å². The molecule has 0 aromatic rings. The number of rotatable bonds is 7. The zero-order chi connectivity index (χ0) is 13.4. The fourth-order valence-electron chi connectivity index (χ4n) is 2.26. The van der Waals surface area contributed by atoms with Crippen molar-refractivity contribution in [3.63, 3.8) is 0 Å². The molecule has 0 saturated carbocycles. The lowest BCUT2D eigenvalue weighted by atomic mass is 9.94. The summed E-state index contributed by atoms with van der Waals surface area (Å²) in [6, 6.07) is -0.442. The Morgan fingerprint density at radius 1 is 1.50 bits per heavy atom. The van der Waals surface area contributed by atoms with Crippen molar-refractivity contribution in [1.29, 1.82) is 0 Å². The first-order valence-electron chi connectivity index (χ1n) is 6.84. The maximum Gasteiger partial charge on any atom is 0.237 e. The minimum atomic E-state index is -0.442. The molecular formula is C13H27N3O2. The molecule has 3 N–H and O–H groups in total. The summed E-state index contributed by atoms with van der Waals surface area (Å²) in [5, 5.41) is 2.92. The van der Waals surface area contributed by atoms with Gasteiger partial charge in [-0.05, 0) is 51.7 Å². The van der Waals surface area contributed by atoms with E-state index >= 15 is 0 Å². The molecule has 106 valence electrons. The Morgan fingerprint density at radius 3 is 2.78 bits per heavy atom. The van der Waals surface area contributed by atoms with Crippen LogP contribution in [0.1, 0.15) is 25.7 Å². The van der Waals surface area contributed by atoms with Gasteiger partial charge in [0.2, 0.25) is 5.91 Å². The summed E-state index contributed by atoms with van der Waals surface area (Å²) in [6.07, 6.45) is 4.12. The molecule has 1 amide bonds. The number of likely N-dealkylation sites (tertiary alicyclic amines) is 1. The quantitative estimate of drug-likeness (QED) is 0.683. The van der Waals surface area contributed by atoms with Crippen LogP contribution in [0.25, 0.3) is 0 Å². The first-order chi connectivity index (χ1) is 8.63. The molecule has 0 spiro atoms. The number of nitrogens with one attached hydrogen (secondary N) is 1. The van der Waals surface area contributed by atoms with Gasteiger partial charge < -0.3 is 20.7 Å². The number of amides is 1. The van der Waals surface area contributed by atoms with E-state index in [1.807, 2.05) is 0 Å². The minimum absolute atomic E-state index is 0.0556. The summed E-state index contributed by atoms with van der Waals surface area (Å²) >= 11 is 0. The maximum atomic E-state index is 11.6. The van der Waals surface area contributed by atoms with Crippen molar-refractivity contribution in [2.45, 2.75) is 31.7 Å². The highest BCUT2D eigenvalue weighted by Gasteiger charge is 2.17. The van der Waals surface area contributed by atoms with Crippen LogP contribution >= 0.6 is 0 Å². The van der Waals surface area contributed by atoms with Gasteiger partial charge in [-0.15, -0.1) is 0 Å². The van der Waals surface area contributed by atoms with Gasteiger partial charge in [0, 0.05) is 20.3 Å². The number of methoxy groups -OCH3 is 1. The highest BCUT2D eigenvalue weighted by Crippen LogP contribution is 2.18. The number of carbonyl (C=O) groups excluding carboxylic acids is 1. The molecule has 1 unspecified atom stereocenters. The van der Waals surface area contributed by atoms with E-state index in [1.165, 1.54) is 25.9 Å². The Morgan fingerprint density at radius 2 is 2.17 bits per heavy atom. The number of ether oxygens (including phenoxy) is 1. The van der Waals surface area contributed by atoms with E-state index in [-0.39, 0.29) is 5.91 Å². The smallest absolute Gasteiger partial charge is 0.237 e. The van der Waals surface area contributed by atoms with Crippen molar-refractivity contribution < 1.29 is 9.53 Å². The van der Waals surface area contributed by atoms with Crippen LogP contribution < -0.4 is 11.1 Å². The van der Waals surface area contributed by atoms with Crippen LogP contribution in [-0.4, -0.2) is 57.2 Å². The summed E-state index contributed by atoms with van der Waals surface area (Å²) in [6.45, 7) is 3.62. The number of hydrogen-bond donors (Lipinski definition) is 2. The molecule has 5 nitrogen and oxygen atoms in total. The van der Waals surface area contributed by atoms with Gasteiger partial charge in [0.1, 0.15) is 0 Å². The van der Waals surface area contributed by atoms with Crippen molar-refractivity contribution in [3.05, 3.63) is 0 Å². The molecule has 1 saturated heterocycles. The van der Waals surface area contributed by atoms with Crippen LogP contribution in [0, 0.1) is 5.92 Å². The van der Waals surface area contributed by atoms with Crippen molar-refractivity contribution in [3.8, 4) is 0 Å². The fourth-order valence-corrected chi connectivity index (χ4v) is 2.26. The Hall–Kier alpha value is -0.650. The Kier molecular flexibility index (Phi) is 7.23. The monoisotopic (exact) mass is 257 g/mol. The summed E-state index contributed by atoms with van der Waals surface area (Å²) in [5.41, 5.74) is 5.74. The van der Waals surface area contributed by atoms with Crippen molar-refractivity contribution in [1.82, 2.24) is 10.2 Å². The van der Waals surface area contributed by atoms with Gasteiger partial charge in [-0.25, -0.2) is 0 Å². The molecule has 1 aliphatic heterocycles. The molecule has 0 radical (unpaired) electrons. The number of piperidine rings is 1. The van der Waals surface area contributed by atoms with Crippen LogP contribution in [0.15, 0.2) is 0 Å². The molecule has 1 aliphatic rings. The first-order valence-corrected chi connectivity index (χ1v) is 6.84. The summed E-state index contributed by atoms with van der Waals surface area (Å²) in [5.74, 6) is 0.691. The number of nitrogens with zero attached hydrogens (tertiary/aromatic N) is 1. The summed E-state index contributed by atoms with van der Waals surface area (Å²) in [4.78, 5) is 14.0. The van der Waals surface area contributed by atoms with E-state index in [9.17, 15) is 4.79 Å². The zero-order valence-electron chi connectivity index (χ0n) is 11.7. The standard InChI is InChI=1S/C13H27N3O2/c1-16-8-4-11(5-9-16)3-7-15-13(17)12(14)6-10-18-2/h11-12H,3-10,14H2,1-2H3,(H,15,17). The zero-order valence-corrected chi connectivity index (χ0v) is 11.7. The van der Waals surface area contributed by atoms with Crippen LogP contribution in [0.3, 0.4) is 0 Å². The minimum Gasteiger partial charge on any atom is -0.385 e. The molecule has 1 rings (SSSR count). The van der Waals surface area contributed by atoms with Crippen molar-refractivity contribution >= 4 is 5.91 Å². The van der Waals surface area contributed by atoms with Gasteiger partial charge in [-0.1, -0.05) is 0 Å². The maximum absolute atomic E-state index is 11.6. The van der Waals surface area contributed by atoms with Gasteiger partial charge in [0.25, 0.3) is 0 Å². The largest absolute Gasteiger partial charge is 0.385 e. The third-order valence-corrected chi connectivity index (χ3v) is 3.66. The Bertz CT molecular complexity index is 240. The second kappa shape index (κ2) is 8.45. The molecule has 18 heavy (non-hydrogen) atoms. The average Bonchev–Trinajstić information content (AvgIpc) is 2.38. The Balaban J connectivity index is 2.08. The second-order valence-electron chi connectivity index (χ2n) is 5.21. The highest BCUT2D eigenvalue weighted by atomic mass is 16.5. The fraction of sp³-hybridized carbons (Fsp3) is 0.923. The number of carbonyl (C=O) groups is 1. The van der Waals surface area contributed by atoms with Gasteiger partial charge in [0.15, 0.2) is 0 Å². The highest BCUT2D eigenvalue weighted by molar-refractivity contribution is 5.81. The van der Waals surface area contributed by atoms with E-state index in [4.69, 9.17) is 10.5 Å². The molecule has 0 aromatic carbocycles.